The van der Waals surface area contributed by atoms with E-state index in [9.17, 15) is 4.79 Å². The van der Waals surface area contributed by atoms with Crippen molar-refractivity contribution in [3.05, 3.63) is 28.2 Å². The molecule has 2 aliphatic rings. The molecule has 4 nitrogen and oxygen atoms in total. The Morgan fingerprint density at radius 2 is 2.20 bits per heavy atom. The molecule has 1 fully saturated rings. The smallest absolute Gasteiger partial charge is 0.221 e. The first kappa shape index (κ1) is 13.9. The molecule has 5 heteroatoms. The summed E-state index contributed by atoms with van der Waals surface area (Å²) in [7, 11) is 0. The summed E-state index contributed by atoms with van der Waals surface area (Å²) in [5, 5.41) is 6.48. The van der Waals surface area contributed by atoms with Crippen LogP contribution in [0.15, 0.2) is 22.7 Å². The van der Waals surface area contributed by atoms with E-state index in [1.165, 1.54) is 5.56 Å². The van der Waals surface area contributed by atoms with Gasteiger partial charge < -0.3 is 15.4 Å². The van der Waals surface area contributed by atoms with Gasteiger partial charge in [-0.2, -0.15) is 0 Å². The predicted molar refractivity (Wildman–Crippen MR) is 80.8 cm³/mol. The summed E-state index contributed by atoms with van der Waals surface area (Å²) in [4.78, 5) is 11.7. The molecule has 108 valence electrons. The average Bonchev–Trinajstić information content (AvgIpc) is 3.23. The van der Waals surface area contributed by atoms with E-state index >= 15 is 0 Å². The lowest BCUT2D eigenvalue weighted by molar-refractivity contribution is -0.121. The third-order valence-electron chi connectivity index (χ3n) is 3.70. The number of amides is 1. The van der Waals surface area contributed by atoms with Crippen LogP contribution in [0.2, 0.25) is 0 Å². The minimum Gasteiger partial charge on any atom is -0.493 e. The maximum atomic E-state index is 11.7. The van der Waals surface area contributed by atoms with Crippen molar-refractivity contribution in [2.75, 3.05) is 13.2 Å². The molecule has 1 aromatic carbocycles. The number of rotatable bonds is 5. The summed E-state index contributed by atoms with van der Waals surface area (Å²) in [5.41, 5.74) is 1.17. The molecule has 0 bridgehead atoms. The van der Waals surface area contributed by atoms with Crippen molar-refractivity contribution in [2.24, 2.45) is 0 Å². The molecule has 0 saturated heterocycles. The topological polar surface area (TPSA) is 50.4 Å². The van der Waals surface area contributed by atoms with Crippen molar-refractivity contribution >= 4 is 21.8 Å². The zero-order chi connectivity index (χ0) is 13.9. The first-order chi connectivity index (χ1) is 9.72. The number of hydrogen-bond acceptors (Lipinski definition) is 3. The van der Waals surface area contributed by atoms with E-state index in [1.54, 1.807) is 0 Å². The molecule has 3 rings (SSSR count). The highest BCUT2D eigenvalue weighted by Crippen LogP contribution is 2.33. The summed E-state index contributed by atoms with van der Waals surface area (Å²) in [6.45, 7) is 1.43. The van der Waals surface area contributed by atoms with Crippen LogP contribution in [0.1, 0.15) is 37.3 Å². The third-order valence-corrected chi connectivity index (χ3v) is 4.19. The lowest BCUT2D eigenvalue weighted by Gasteiger charge is -2.27. The van der Waals surface area contributed by atoms with Crippen molar-refractivity contribution in [2.45, 2.75) is 37.8 Å². The molecule has 1 amide bonds. The van der Waals surface area contributed by atoms with E-state index in [1.807, 2.05) is 12.1 Å². The number of benzene rings is 1. The van der Waals surface area contributed by atoms with Gasteiger partial charge in [0, 0.05) is 41.5 Å². The molecule has 0 spiro atoms. The Morgan fingerprint density at radius 1 is 1.35 bits per heavy atom. The second kappa shape index (κ2) is 6.14. The Balaban J connectivity index is 1.53. The van der Waals surface area contributed by atoms with Crippen molar-refractivity contribution in [3.8, 4) is 5.75 Å². The Morgan fingerprint density at radius 3 is 3.00 bits per heavy atom. The van der Waals surface area contributed by atoms with E-state index < -0.39 is 0 Å². The molecule has 1 unspecified atom stereocenters. The number of hydrogen-bond donors (Lipinski definition) is 2. The zero-order valence-corrected chi connectivity index (χ0v) is 12.9. The van der Waals surface area contributed by atoms with Crippen LogP contribution in [-0.2, 0) is 4.79 Å². The van der Waals surface area contributed by atoms with Crippen molar-refractivity contribution in [1.29, 1.82) is 0 Å². The molecule has 0 radical (unpaired) electrons. The zero-order valence-electron chi connectivity index (χ0n) is 11.3. The molecule has 20 heavy (non-hydrogen) atoms. The lowest BCUT2D eigenvalue weighted by atomic mass is 10.0. The fourth-order valence-corrected chi connectivity index (χ4v) is 2.84. The largest absolute Gasteiger partial charge is 0.493 e. The van der Waals surface area contributed by atoms with E-state index in [-0.39, 0.29) is 11.9 Å². The number of carbonyl (C=O) groups is 1. The molecule has 1 saturated carbocycles. The van der Waals surface area contributed by atoms with E-state index in [2.05, 4.69) is 32.6 Å². The number of ether oxygens (including phenoxy) is 1. The van der Waals surface area contributed by atoms with Crippen LogP contribution >= 0.6 is 15.9 Å². The fourth-order valence-electron chi connectivity index (χ4n) is 2.46. The molecule has 1 aliphatic carbocycles. The van der Waals surface area contributed by atoms with E-state index in [4.69, 9.17) is 4.74 Å². The SMILES string of the molecule is O=C(CCNC1CCOc2ccc(Br)cc21)NC1CC1. The van der Waals surface area contributed by atoms with Crippen LogP contribution in [-0.4, -0.2) is 25.1 Å². The van der Waals surface area contributed by atoms with E-state index in [0.717, 1.165) is 36.1 Å². The standard InChI is InChI=1S/C15H19BrN2O2/c16-10-1-4-14-12(9-10)13(6-8-20-14)17-7-5-15(19)18-11-2-3-11/h1,4,9,11,13,17H,2-3,5-8H2,(H,18,19). The third kappa shape index (κ3) is 3.52. The average molecular weight is 339 g/mol. The second-order valence-electron chi connectivity index (χ2n) is 5.42. The summed E-state index contributed by atoms with van der Waals surface area (Å²) in [5.74, 6) is 1.10. The monoisotopic (exact) mass is 338 g/mol. The first-order valence-corrected chi connectivity index (χ1v) is 7.96. The minimum absolute atomic E-state index is 0.154. The molecule has 2 N–H and O–H groups in total. The van der Waals surface area contributed by atoms with Gasteiger partial charge in [-0.3, -0.25) is 4.79 Å². The maximum absolute atomic E-state index is 11.7. The van der Waals surface area contributed by atoms with Crippen LogP contribution in [0.25, 0.3) is 0 Å². The number of carbonyl (C=O) groups excluding carboxylic acids is 1. The highest BCUT2D eigenvalue weighted by molar-refractivity contribution is 9.10. The van der Waals surface area contributed by atoms with Crippen molar-refractivity contribution < 1.29 is 9.53 Å². The first-order valence-electron chi connectivity index (χ1n) is 7.17. The number of fused-ring (bicyclic) bond motifs is 1. The van der Waals surface area contributed by atoms with Gasteiger partial charge in [0.15, 0.2) is 0 Å². The van der Waals surface area contributed by atoms with Gasteiger partial charge >= 0.3 is 0 Å². The van der Waals surface area contributed by atoms with Crippen LogP contribution in [0, 0.1) is 0 Å². The number of nitrogens with one attached hydrogen (secondary N) is 2. The summed E-state index contributed by atoms with van der Waals surface area (Å²) < 4.78 is 6.71. The van der Waals surface area contributed by atoms with E-state index in [0.29, 0.717) is 19.0 Å². The van der Waals surface area contributed by atoms with Gasteiger partial charge in [-0.1, -0.05) is 15.9 Å². The van der Waals surface area contributed by atoms with Crippen molar-refractivity contribution in [1.82, 2.24) is 10.6 Å². The van der Waals surface area contributed by atoms with Crippen LogP contribution in [0.3, 0.4) is 0 Å². The van der Waals surface area contributed by atoms with Gasteiger partial charge in [0.2, 0.25) is 5.91 Å². The second-order valence-corrected chi connectivity index (χ2v) is 6.33. The van der Waals surface area contributed by atoms with Gasteiger partial charge in [-0.05, 0) is 31.0 Å². The van der Waals surface area contributed by atoms with Crippen LogP contribution in [0.5, 0.6) is 5.75 Å². The Kier molecular flexibility index (Phi) is 4.27. The molecule has 1 atom stereocenters. The molecule has 0 aromatic heterocycles. The highest BCUT2D eigenvalue weighted by atomic mass is 79.9. The molecular weight excluding hydrogens is 320 g/mol. The van der Waals surface area contributed by atoms with Gasteiger partial charge in [0.1, 0.15) is 5.75 Å². The predicted octanol–water partition coefficient (Wildman–Crippen LogP) is 2.53. The molecule has 1 aromatic rings. The minimum atomic E-state index is 0.154. The van der Waals surface area contributed by atoms with Gasteiger partial charge in [-0.25, -0.2) is 0 Å². The molecule has 1 heterocycles. The quantitative estimate of drug-likeness (QED) is 0.867. The lowest BCUT2D eigenvalue weighted by Crippen LogP contribution is -2.32. The molecular formula is C15H19BrN2O2. The highest BCUT2D eigenvalue weighted by Gasteiger charge is 2.24. The summed E-state index contributed by atoms with van der Waals surface area (Å²) in [6, 6.07) is 6.79. The van der Waals surface area contributed by atoms with Gasteiger partial charge in [0.05, 0.1) is 6.61 Å². The maximum Gasteiger partial charge on any atom is 0.221 e. The van der Waals surface area contributed by atoms with Crippen molar-refractivity contribution in [3.63, 3.8) is 0 Å². The summed E-state index contributed by atoms with van der Waals surface area (Å²) in [6.07, 6.45) is 3.76. The van der Waals surface area contributed by atoms with Gasteiger partial charge in [-0.15, -0.1) is 0 Å². The Labute approximate surface area is 127 Å². The van der Waals surface area contributed by atoms with Crippen LogP contribution in [0.4, 0.5) is 0 Å². The summed E-state index contributed by atoms with van der Waals surface area (Å²) >= 11 is 3.50. The van der Waals surface area contributed by atoms with Gasteiger partial charge in [0.25, 0.3) is 0 Å². The van der Waals surface area contributed by atoms with Crippen LogP contribution < -0.4 is 15.4 Å². The Bertz CT molecular complexity index is 503. The Hall–Kier alpha value is -1.07. The molecule has 1 aliphatic heterocycles. The number of halogens is 1. The fraction of sp³-hybridized carbons (Fsp3) is 0.533. The normalized spacial score (nSPS) is 20.9.